The van der Waals surface area contributed by atoms with Crippen molar-refractivity contribution in [2.45, 2.75) is 38.2 Å². The lowest BCUT2D eigenvalue weighted by Crippen LogP contribution is -2.19. The quantitative estimate of drug-likeness (QED) is 0.870. The van der Waals surface area contributed by atoms with Gasteiger partial charge in [-0.3, -0.25) is 0 Å². The zero-order chi connectivity index (χ0) is 14.2. The van der Waals surface area contributed by atoms with E-state index in [1.165, 1.54) is 0 Å². The summed E-state index contributed by atoms with van der Waals surface area (Å²) in [5.74, 6) is 1.26. The zero-order valence-corrected chi connectivity index (χ0v) is 11.8. The minimum Gasteiger partial charge on any atom is -0.399 e. The molecule has 1 saturated heterocycles. The van der Waals surface area contributed by atoms with Gasteiger partial charge in [0.25, 0.3) is 0 Å². The minimum absolute atomic E-state index is 0.0188. The lowest BCUT2D eigenvalue weighted by molar-refractivity contribution is 0.103. The van der Waals surface area contributed by atoms with Crippen molar-refractivity contribution in [3.05, 3.63) is 41.5 Å². The van der Waals surface area contributed by atoms with Gasteiger partial charge in [-0.05, 0) is 44.4 Å². The summed E-state index contributed by atoms with van der Waals surface area (Å²) in [6.45, 7) is 4.90. The summed E-state index contributed by atoms with van der Waals surface area (Å²) in [4.78, 5) is 4.53. The molecule has 1 fully saturated rings. The predicted molar refractivity (Wildman–Crippen MR) is 75.2 cm³/mol. The first-order valence-corrected chi connectivity index (χ1v) is 6.89. The molecule has 3 rings (SSSR count). The second-order valence-corrected chi connectivity index (χ2v) is 5.71. The molecule has 5 nitrogen and oxygen atoms in total. The number of hydrogen-bond acceptors (Lipinski definition) is 5. The summed E-state index contributed by atoms with van der Waals surface area (Å²) in [7, 11) is 0. The number of anilines is 1. The summed E-state index contributed by atoms with van der Waals surface area (Å²) in [6.07, 6.45) is 1.99. The van der Waals surface area contributed by atoms with Crippen LogP contribution in [0.4, 0.5) is 5.69 Å². The van der Waals surface area contributed by atoms with Crippen LogP contribution < -0.4 is 5.73 Å². The Hall–Kier alpha value is -1.88. The molecule has 1 unspecified atom stereocenters. The number of hydrogen-bond donors (Lipinski definition) is 1. The molecule has 0 amide bonds. The van der Waals surface area contributed by atoms with Crippen molar-refractivity contribution in [1.82, 2.24) is 10.1 Å². The molecular formula is C15H19N3O2. The number of benzene rings is 1. The van der Waals surface area contributed by atoms with E-state index in [1.807, 2.05) is 24.3 Å². The molecule has 106 valence electrons. The van der Waals surface area contributed by atoms with Crippen LogP contribution in [0.1, 0.15) is 50.1 Å². The maximum absolute atomic E-state index is 5.73. The monoisotopic (exact) mass is 273 g/mol. The molecule has 2 heterocycles. The van der Waals surface area contributed by atoms with Gasteiger partial charge in [0.1, 0.15) is 6.10 Å². The highest BCUT2D eigenvalue weighted by Crippen LogP contribution is 2.33. The fourth-order valence-electron chi connectivity index (χ4n) is 2.42. The van der Waals surface area contributed by atoms with Crippen molar-refractivity contribution in [3.8, 4) is 0 Å². The van der Waals surface area contributed by atoms with E-state index in [-0.39, 0.29) is 11.5 Å². The number of nitrogens with two attached hydrogens (primary N) is 1. The third-order valence-corrected chi connectivity index (χ3v) is 3.83. The standard InChI is InChI=1S/C15H19N3O2/c1-15(2,10-5-7-11(16)8-6-10)14-17-13(18-20-14)12-4-3-9-19-12/h5-8,12H,3-4,9,16H2,1-2H3. The topological polar surface area (TPSA) is 74.2 Å². The summed E-state index contributed by atoms with van der Waals surface area (Å²) < 4.78 is 11.0. The van der Waals surface area contributed by atoms with Crippen LogP contribution >= 0.6 is 0 Å². The van der Waals surface area contributed by atoms with Crippen LogP contribution in [0.2, 0.25) is 0 Å². The third-order valence-electron chi connectivity index (χ3n) is 3.83. The minimum atomic E-state index is -0.350. The smallest absolute Gasteiger partial charge is 0.236 e. The number of nitrogens with zero attached hydrogens (tertiary/aromatic N) is 2. The van der Waals surface area contributed by atoms with Gasteiger partial charge >= 0.3 is 0 Å². The Kier molecular flexibility index (Phi) is 3.22. The molecule has 0 radical (unpaired) electrons. The molecule has 5 heteroatoms. The van der Waals surface area contributed by atoms with Gasteiger partial charge in [0.15, 0.2) is 0 Å². The van der Waals surface area contributed by atoms with Gasteiger partial charge in [-0.15, -0.1) is 0 Å². The molecule has 2 N–H and O–H groups in total. The van der Waals surface area contributed by atoms with Crippen LogP contribution in [0, 0.1) is 0 Å². The summed E-state index contributed by atoms with van der Waals surface area (Å²) in [5.41, 5.74) is 7.22. The Morgan fingerprint density at radius 1 is 1.25 bits per heavy atom. The van der Waals surface area contributed by atoms with Gasteiger partial charge in [-0.1, -0.05) is 17.3 Å². The van der Waals surface area contributed by atoms with Gasteiger partial charge in [0.05, 0.1) is 5.41 Å². The fraction of sp³-hybridized carbons (Fsp3) is 0.467. The van der Waals surface area contributed by atoms with Crippen LogP contribution in [0.3, 0.4) is 0 Å². The summed E-state index contributed by atoms with van der Waals surface area (Å²) >= 11 is 0. The van der Waals surface area contributed by atoms with Crippen molar-refractivity contribution >= 4 is 5.69 Å². The molecule has 1 atom stereocenters. The first-order chi connectivity index (χ1) is 9.57. The molecular weight excluding hydrogens is 254 g/mol. The van der Waals surface area contributed by atoms with Gasteiger partial charge in [0.2, 0.25) is 11.7 Å². The Morgan fingerprint density at radius 2 is 2.00 bits per heavy atom. The second-order valence-electron chi connectivity index (χ2n) is 5.71. The molecule has 1 aromatic carbocycles. The Morgan fingerprint density at radius 3 is 2.65 bits per heavy atom. The van der Waals surface area contributed by atoms with Gasteiger partial charge < -0.3 is 15.0 Å². The first-order valence-electron chi connectivity index (χ1n) is 6.89. The molecule has 1 aliphatic rings. The lowest BCUT2D eigenvalue weighted by Gasteiger charge is -2.20. The molecule has 1 aromatic heterocycles. The highest BCUT2D eigenvalue weighted by atomic mass is 16.5. The van der Waals surface area contributed by atoms with Crippen LogP contribution in [0.25, 0.3) is 0 Å². The van der Waals surface area contributed by atoms with Crippen molar-refractivity contribution in [2.75, 3.05) is 12.3 Å². The molecule has 0 bridgehead atoms. The molecule has 1 aliphatic heterocycles. The van der Waals surface area contributed by atoms with E-state index >= 15 is 0 Å². The fourth-order valence-corrected chi connectivity index (χ4v) is 2.42. The van der Waals surface area contributed by atoms with E-state index in [1.54, 1.807) is 0 Å². The maximum atomic E-state index is 5.73. The van der Waals surface area contributed by atoms with E-state index < -0.39 is 0 Å². The average molecular weight is 273 g/mol. The Balaban J connectivity index is 1.88. The van der Waals surface area contributed by atoms with Crippen LogP contribution in [-0.2, 0) is 10.2 Å². The number of nitrogen functional groups attached to an aromatic ring is 1. The molecule has 0 saturated carbocycles. The number of ether oxygens (including phenoxy) is 1. The van der Waals surface area contributed by atoms with E-state index in [2.05, 4.69) is 24.0 Å². The van der Waals surface area contributed by atoms with Gasteiger partial charge in [0, 0.05) is 12.3 Å². The largest absolute Gasteiger partial charge is 0.399 e. The van der Waals surface area contributed by atoms with E-state index in [4.69, 9.17) is 15.0 Å². The van der Waals surface area contributed by atoms with Crippen molar-refractivity contribution in [2.24, 2.45) is 0 Å². The van der Waals surface area contributed by atoms with Crippen LogP contribution in [-0.4, -0.2) is 16.7 Å². The summed E-state index contributed by atoms with van der Waals surface area (Å²) in [6, 6.07) is 7.75. The van der Waals surface area contributed by atoms with Crippen molar-refractivity contribution in [1.29, 1.82) is 0 Å². The Labute approximate surface area is 118 Å². The van der Waals surface area contributed by atoms with Crippen molar-refractivity contribution < 1.29 is 9.26 Å². The van der Waals surface area contributed by atoms with E-state index in [9.17, 15) is 0 Å². The lowest BCUT2D eigenvalue weighted by atomic mass is 9.84. The van der Waals surface area contributed by atoms with Crippen LogP contribution in [0.5, 0.6) is 0 Å². The van der Waals surface area contributed by atoms with E-state index in [0.717, 1.165) is 30.7 Å². The zero-order valence-electron chi connectivity index (χ0n) is 11.8. The molecule has 0 aliphatic carbocycles. The molecule has 20 heavy (non-hydrogen) atoms. The average Bonchev–Trinajstić information content (AvgIpc) is 3.10. The van der Waals surface area contributed by atoms with Crippen molar-refractivity contribution in [3.63, 3.8) is 0 Å². The Bertz CT molecular complexity index is 583. The second kappa shape index (κ2) is 4.90. The highest BCUT2D eigenvalue weighted by Gasteiger charge is 2.32. The van der Waals surface area contributed by atoms with Gasteiger partial charge in [-0.25, -0.2) is 0 Å². The van der Waals surface area contributed by atoms with Crippen LogP contribution in [0.15, 0.2) is 28.8 Å². The third kappa shape index (κ3) is 2.29. The first kappa shape index (κ1) is 13.1. The number of aromatic nitrogens is 2. The summed E-state index contributed by atoms with van der Waals surface area (Å²) in [5, 5.41) is 4.07. The SMILES string of the molecule is CC(C)(c1ccc(N)cc1)c1nc(C2CCCO2)no1. The predicted octanol–water partition coefficient (Wildman–Crippen LogP) is 2.83. The maximum Gasteiger partial charge on any atom is 0.236 e. The van der Waals surface area contributed by atoms with E-state index in [0.29, 0.717) is 11.7 Å². The van der Waals surface area contributed by atoms with Gasteiger partial charge in [-0.2, -0.15) is 4.98 Å². The molecule has 0 spiro atoms. The number of rotatable bonds is 3. The molecule has 2 aromatic rings. The highest BCUT2D eigenvalue weighted by molar-refractivity contribution is 5.42. The normalized spacial score (nSPS) is 19.4.